The molecular formula is C13H29ClN4S2. The number of hydrogen-bond donors (Lipinski definition) is 0. The molecule has 1 atom stereocenters. The summed E-state index contributed by atoms with van der Waals surface area (Å²) in [7, 11) is 14.2. The van der Waals surface area contributed by atoms with Gasteiger partial charge >= 0.3 is 0 Å². The van der Waals surface area contributed by atoms with Crippen LogP contribution >= 0.6 is 34.0 Å². The number of rotatable bonds is 8. The zero-order chi connectivity index (χ0) is 14.3. The fourth-order valence-corrected chi connectivity index (χ4v) is 4.43. The molecule has 0 bridgehead atoms. The van der Waals surface area contributed by atoms with Crippen LogP contribution in [0, 0.1) is 0 Å². The van der Waals surface area contributed by atoms with Crippen LogP contribution in [0.4, 0.5) is 0 Å². The van der Waals surface area contributed by atoms with Gasteiger partial charge in [0.2, 0.25) is 0 Å². The zero-order valence-corrected chi connectivity index (χ0v) is 15.8. The van der Waals surface area contributed by atoms with Gasteiger partial charge in [0.1, 0.15) is 0 Å². The Bertz CT molecular complexity index is 288. The Kier molecular flexibility index (Phi) is 11.2. The van der Waals surface area contributed by atoms with Gasteiger partial charge in [-0.3, -0.25) is 4.90 Å². The molecule has 0 spiro atoms. The van der Waals surface area contributed by atoms with E-state index in [4.69, 9.17) is 4.99 Å². The van der Waals surface area contributed by atoms with Crippen molar-refractivity contribution in [3.05, 3.63) is 0 Å². The third-order valence-corrected chi connectivity index (χ3v) is 5.66. The molecule has 4 nitrogen and oxygen atoms in total. The van der Waals surface area contributed by atoms with Gasteiger partial charge in [-0.1, -0.05) is 12.8 Å². The average Bonchev–Trinajstić information content (AvgIpc) is 2.82. The number of unbranched alkanes of at least 4 members (excludes halogenated alkanes) is 3. The molecule has 120 valence electrons. The molecule has 0 saturated carbocycles. The molecule has 1 unspecified atom stereocenters. The molecule has 0 fully saturated rings. The molecule has 1 aliphatic rings. The van der Waals surface area contributed by atoms with Crippen molar-refractivity contribution in [2.75, 3.05) is 48.3 Å². The van der Waals surface area contributed by atoms with E-state index < -0.39 is 0 Å². The summed E-state index contributed by atoms with van der Waals surface area (Å²) >= 11 is 0. The van der Waals surface area contributed by atoms with Gasteiger partial charge in [-0.05, 0) is 62.1 Å². The standard InChI is InChI=1S/C13H28N4S2.ClH/c1-15(2)10-8-6-7-9-11-17(5)13-14-12(16(3)4)18-19-13;/h13H,6-11H2,1-5H3;1H. The fraction of sp³-hybridized carbons (Fsp3) is 0.923. The topological polar surface area (TPSA) is 22.1 Å². The highest BCUT2D eigenvalue weighted by Crippen LogP contribution is 2.38. The molecule has 20 heavy (non-hydrogen) atoms. The van der Waals surface area contributed by atoms with Gasteiger partial charge in [0.05, 0.1) is 0 Å². The molecular weight excluding hydrogens is 312 g/mol. The van der Waals surface area contributed by atoms with Gasteiger partial charge in [-0.25, -0.2) is 4.99 Å². The Balaban J connectivity index is 0.00000361. The van der Waals surface area contributed by atoms with E-state index in [1.54, 1.807) is 10.8 Å². The second-order valence-corrected chi connectivity index (χ2v) is 7.73. The third-order valence-electron chi connectivity index (χ3n) is 3.06. The largest absolute Gasteiger partial charge is 0.357 e. The van der Waals surface area contributed by atoms with E-state index >= 15 is 0 Å². The molecule has 0 aromatic carbocycles. The summed E-state index contributed by atoms with van der Waals surface area (Å²) in [4.78, 5) is 11.4. The van der Waals surface area contributed by atoms with E-state index in [0.717, 1.165) is 11.7 Å². The monoisotopic (exact) mass is 340 g/mol. The van der Waals surface area contributed by atoms with Crippen LogP contribution < -0.4 is 0 Å². The van der Waals surface area contributed by atoms with E-state index in [9.17, 15) is 0 Å². The summed E-state index contributed by atoms with van der Waals surface area (Å²) in [5.41, 5.74) is 0.296. The van der Waals surface area contributed by atoms with Gasteiger partial charge in [-0.2, -0.15) is 0 Å². The maximum absolute atomic E-state index is 4.71. The molecule has 1 heterocycles. The fourth-order valence-electron chi connectivity index (χ4n) is 1.84. The van der Waals surface area contributed by atoms with Crippen LogP contribution in [0.1, 0.15) is 25.7 Å². The SMILES string of the molecule is CN(C)CCCCCCN(C)C1N=C(N(C)C)SS1.Cl. The first-order valence-corrected chi connectivity index (χ1v) is 9.15. The van der Waals surface area contributed by atoms with Crippen LogP contribution in [0.25, 0.3) is 0 Å². The second-order valence-electron chi connectivity index (χ2n) is 5.51. The van der Waals surface area contributed by atoms with Crippen molar-refractivity contribution < 1.29 is 0 Å². The summed E-state index contributed by atoms with van der Waals surface area (Å²) in [6.45, 7) is 2.35. The quantitative estimate of drug-likeness (QED) is 0.499. The Morgan fingerprint density at radius 1 is 0.950 bits per heavy atom. The number of amidine groups is 1. The van der Waals surface area contributed by atoms with Crippen molar-refractivity contribution in [2.45, 2.75) is 31.2 Å². The number of halogens is 1. The Morgan fingerprint density at radius 2 is 1.55 bits per heavy atom. The highest BCUT2D eigenvalue weighted by atomic mass is 35.5. The zero-order valence-electron chi connectivity index (χ0n) is 13.3. The van der Waals surface area contributed by atoms with Crippen LogP contribution in [0.5, 0.6) is 0 Å². The lowest BCUT2D eigenvalue weighted by atomic mass is 10.2. The summed E-state index contributed by atoms with van der Waals surface area (Å²) in [5, 5.41) is 1.13. The predicted octanol–water partition coefficient (Wildman–Crippen LogP) is 3.06. The van der Waals surface area contributed by atoms with Crippen molar-refractivity contribution >= 4 is 39.2 Å². The van der Waals surface area contributed by atoms with E-state index in [2.05, 4.69) is 49.9 Å². The smallest absolute Gasteiger partial charge is 0.172 e. The van der Waals surface area contributed by atoms with Crippen LogP contribution in [-0.2, 0) is 0 Å². The minimum absolute atomic E-state index is 0. The van der Waals surface area contributed by atoms with Gasteiger partial charge in [0, 0.05) is 20.6 Å². The normalized spacial score (nSPS) is 18.4. The molecule has 0 saturated heterocycles. The third kappa shape index (κ3) is 7.98. The van der Waals surface area contributed by atoms with Crippen molar-refractivity contribution in [2.24, 2.45) is 4.99 Å². The van der Waals surface area contributed by atoms with Crippen molar-refractivity contribution in [1.82, 2.24) is 14.7 Å². The first kappa shape index (κ1) is 20.4. The lowest BCUT2D eigenvalue weighted by molar-refractivity contribution is 0.309. The van der Waals surface area contributed by atoms with E-state index in [-0.39, 0.29) is 12.4 Å². The summed E-state index contributed by atoms with van der Waals surface area (Å²) in [6, 6.07) is 0. The minimum atomic E-state index is 0. The number of hydrogen-bond acceptors (Lipinski definition) is 6. The van der Waals surface area contributed by atoms with Gasteiger partial charge in [0.25, 0.3) is 0 Å². The van der Waals surface area contributed by atoms with Gasteiger partial charge < -0.3 is 9.80 Å². The first-order chi connectivity index (χ1) is 9.00. The van der Waals surface area contributed by atoms with Crippen LogP contribution in [0.15, 0.2) is 4.99 Å². The van der Waals surface area contributed by atoms with Crippen LogP contribution in [0.2, 0.25) is 0 Å². The molecule has 1 aliphatic heterocycles. The molecule has 1 rings (SSSR count). The number of aliphatic imine (C=N–C) groups is 1. The maximum atomic E-state index is 4.71. The van der Waals surface area contributed by atoms with E-state index in [1.807, 2.05) is 10.8 Å². The Labute approximate surface area is 138 Å². The Morgan fingerprint density at radius 3 is 2.05 bits per heavy atom. The summed E-state index contributed by atoms with van der Waals surface area (Å²) in [5.74, 6) is 0. The number of nitrogens with zero attached hydrogens (tertiary/aromatic N) is 4. The predicted molar refractivity (Wildman–Crippen MR) is 97.0 cm³/mol. The maximum Gasteiger partial charge on any atom is 0.172 e. The van der Waals surface area contributed by atoms with E-state index in [1.165, 1.54) is 32.2 Å². The van der Waals surface area contributed by atoms with Gasteiger partial charge in [-0.15, -0.1) is 12.4 Å². The van der Waals surface area contributed by atoms with Crippen LogP contribution in [-0.4, -0.2) is 73.7 Å². The lowest BCUT2D eigenvalue weighted by Gasteiger charge is -2.20. The highest BCUT2D eigenvalue weighted by molar-refractivity contribution is 8.82. The molecule has 0 N–H and O–H groups in total. The van der Waals surface area contributed by atoms with Crippen molar-refractivity contribution in [3.63, 3.8) is 0 Å². The first-order valence-electron chi connectivity index (χ1n) is 6.94. The molecule has 0 radical (unpaired) electrons. The van der Waals surface area contributed by atoms with Gasteiger partial charge in [0.15, 0.2) is 10.7 Å². The molecule has 7 heteroatoms. The second kappa shape index (κ2) is 11.0. The van der Waals surface area contributed by atoms with Crippen LogP contribution in [0.3, 0.4) is 0 Å². The van der Waals surface area contributed by atoms with Crippen molar-refractivity contribution in [3.8, 4) is 0 Å². The highest BCUT2D eigenvalue weighted by Gasteiger charge is 2.23. The minimum Gasteiger partial charge on any atom is -0.357 e. The Hall–Kier alpha value is 0.380. The lowest BCUT2D eigenvalue weighted by Crippen LogP contribution is -2.27. The molecule has 0 aromatic heterocycles. The summed E-state index contributed by atoms with van der Waals surface area (Å²) in [6.07, 6.45) is 5.25. The molecule has 0 amide bonds. The van der Waals surface area contributed by atoms with E-state index in [0.29, 0.717) is 5.50 Å². The molecule has 0 aromatic rings. The average molecular weight is 341 g/mol. The summed E-state index contributed by atoms with van der Waals surface area (Å²) < 4.78 is 0. The molecule has 0 aliphatic carbocycles. The van der Waals surface area contributed by atoms with Crippen molar-refractivity contribution in [1.29, 1.82) is 0 Å².